The third kappa shape index (κ3) is 6.34. The first-order valence-corrected chi connectivity index (χ1v) is 11.8. The molecule has 5 nitrogen and oxygen atoms in total. The number of aromatic amines is 1. The van der Waals surface area contributed by atoms with Gasteiger partial charge < -0.3 is 9.72 Å². The molecule has 0 saturated heterocycles. The maximum Gasteiger partial charge on any atom is 0.127 e. The number of unbranched alkanes of at least 4 members (excludes halogenated alkanes) is 1. The summed E-state index contributed by atoms with van der Waals surface area (Å²) in [5.74, 6) is 1.67. The average Bonchev–Trinajstić information content (AvgIpc) is 3.42. The fourth-order valence-electron chi connectivity index (χ4n) is 4.05. The van der Waals surface area contributed by atoms with Gasteiger partial charge in [0, 0.05) is 12.7 Å². The molecule has 0 saturated carbocycles. The van der Waals surface area contributed by atoms with Gasteiger partial charge in [0.05, 0.1) is 29.7 Å². The van der Waals surface area contributed by atoms with Crippen molar-refractivity contribution in [2.75, 3.05) is 6.54 Å². The van der Waals surface area contributed by atoms with Crippen molar-refractivity contribution >= 4 is 0 Å². The fraction of sp³-hybridized carbons (Fsp3) is 0.241. The van der Waals surface area contributed by atoms with Crippen LogP contribution in [-0.4, -0.2) is 21.4 Å². The molecule has 0 spiro atoms. The Kier molecular flexibility index (Phi) is 8.10. The monoisotopic (exact) mass is 450 g/mol. The lowest BCUT2D eigenvalue weighted by Crippen LogP contribution is -2.31. The van der Waals surface area contributed by atoms with Gasteiger partial charge in [-0.2, -0.15) is 5.26 Å². The van der Waals surface area contributed by atoms with Gasteiger partial charge in [-0.05, 0) is 66.9 Å². The van der Waals surface area contributed by atoms with Crippen LogP contribution in [0.2, 0.25) is 0 Å². The van der Waals surface area contributed by atoms with Crippen LogP contribution in [0.25, 0.3) is 0 Å². The van der Waals surface area contributed by atoms with E-state index in [0.29, 0.717) is 5.56 Å². The summed E-state index contributed by atoms with van der Waals surface area (Å²) in [5, 5.41) is 9.13. The first-order chi connectivity index (χ1) is 16.7. The molecule has 0 amide bonds. The average molecular weight is 451 g/mol. The van der Waals surface area contributed by atoms with Crippen LogP contribution in [0, 0.1) is 11.3 Å². The Labute approximate surface area is 201 Å². The molecule has 34 heavy (non-hydrogen) atoms. The minimum absolute atomic E-state index is 0.155. The van der Waals surface area contributed by atoms with Gasteiger partial charge in [-0.3, -0.25) is 4.90 Å². The lowest BCUT2D eigenvalue weighted by atomic mass is 10.00. The van der Waals surface area contributed by atoms with Gasteiger partial charge in [0.25, 0.3) is 0 Å². The Morgan fingerprint density at radius 2 is 1.65 bits per heavy atom. The van der Waals surface area contributed by atoms with Crippen molar-refractivity contribution in [2.24, 2.45) is 0 Å². The number of ether oxygens (including phenoxy) is 1. The number of nitrogens with one attached hydrogen (secondary N) is 1. The van der Waals surface area contributed by atoms with E-state index in [1.54, 1.807) is 6.33 Å². The Morgan fingerprint density at radius 1 is 0.941 bits per heavy atom. The second-order valence-corrected chi connectivity index (χ2v) is 8.42. The summed E-state index contributed by atoms with van der Waals surface area (Å²) in [4.78, 5) is 10.1. The van der Waals surface area contributed by atoms with E-state index < -0.39 is 0 Å². The predicted molar refractivity (Wildman–Crippen MR) is 134 cm³/mol. The normalized spacial score (nSPS) is 11.8. The van der Waals surface area contributed by atoms with Crippen LogP contribution >= 0.6 is 0 Å². The summed E-state index contributed by atoms with van der Waals surface area (Å²) in [6, 6.07) is 28.4. The summed E-state index contributed by atoms with van der Waals surface area (Å²) in [5.41, 5.74) is 4.22. The van der Waals surface area contributed by atoms with Crippen LogP contribution in [0.4, 0.5) is 0 Å². The van der Waals surface area contributed by atoms with Gasteiger partial charge in [0.2, 0.25) is 0 Å². The van der Waals surface area contributed by atoms with E-state index in [-0.39, 0.29) is 6.04 Å². The van der Waals surface area contributed by atoms with Crippen LogP contribution in [0.1, 0.15) is 48.2 Å². The zero-order valence-electron chi connectivity index (χ0n) is 19.5. The number of hydrogen-bond acceptors (Lipinski definition) is 4. The van der Waals surface area contributed by atoms with Gasteiger partial charge in [0.15, 0.2) is 0 Å². The molecule has 172 valence electrons. The van der Waals surface area contributed by atoms with Crippen molar-refractivity contribution in [3.05, 3.63) is 114 Å². The lowest BCUT2D eigenvalue weighted by molar-refractivity contribution is 0.180. The smallest absolute Gasteiger partial charge is 0.127 e. The minimum Gasteiger partial charge on any atom is -0.457 e. The molecule has 3 aromatic carbocycles. The van der Waals surface area contributed by atoms with Crippen LogP contribution in [0.3, 0.4) is 0 Å². The number of benzene rings is 3. The Hall–Kier alpha value is -3.88. The Morgan fingerprint density at radius 3 is 2.29 bits per heavy atom. The van der Waals surface area contributed by atoms with Gasteiger partial charge in [-0.15, -0.1) is 0 Å². The van der Waals surface area contributed by atoms with Crippen LogP contribution < -0.4 is 4.74 Å². The number of nitrogens with zero attached hydrogens (tertiary/aromatic N) is 3. The first-order valence-electron chi connectivity index (χ1n) is 11.8. The van der Waals surface area contributed by atoms with E-state index in [0.717, 1.165) is 49.5 Å². The molecule has 1 N–H and O–H groups in total. The van der Waals surface area contributed by atoms with E-state index in [2.05, 4.69) is 52.1 Å². The molecule has 0 aliphatic carbocycles. The first kappa shape index (κ1) is 23.3. The number of aromatic nitrogens is 2. The topological polar surface area (TPSA) is 64.9 Å². The Balaban J connectivity index is 1.53. The van der Waals surface area contributed by atoms with E-state index >= 15 is 0 Å². The summed E-state index contributed by atoms with van der Waals surface area (Å²) in [6.45, 7) is 4.03. The highest BCUT2D eigenvalue weighted by molar-refractivity contribution is 5.34. The summed E-state index contributed by atoms with van der Waals surface area (Å²) in [7, 11) is 0. The highest BCUT2D eigenvalue weighted by atomic mass is 16.5. The molecule has 0 fully saturated rings. The molecule has 5 heteroatoms. The molecule has 1 unspecified atom stereocenters. The second-order valence-electron chi connectivity index (χ2n) is 8.42. The van der Waals surface area contributed by atoms with Crippen molar-refractivity contribution in [3.63, 3.8) is 0 Å². The molecule has 0 radical (unpaired) electrons. The highest BCUT2D eigenvalue weighted by Gasteiger charge is 2.22. The van der Waals surface area contributed by atoms with Crippen molar-refractivity contribution < 1.29 is 4.74 Å². The van der Waals surface area contributed by atoms with E-state index in [4.69, 9.17) is 10.00 Å². The van der Waals surface area contributed by atoms with Crippen LogP contribution in [0.5, 0.6) is 11.5 Å². The molecule has 4 aromatic rings. The van der Waals surface area contributed by atoms with Gasteiger partial charge in [-0.1, -0.05) is 55.8 Å². The fourth-order valence-corrected chi connectivity index (χ4v) is 4.05. The third-order valence-electron chi connectivity index (χ3n) is 5.92. The van der Waals surface area contributed by atoms with Crippen LogP contribution in [0.15, 0.2) is 91.4 Å². The zero-order chi connectivity index (χ0) is 23.6. The standard InChI is InChI=1S/C29H30N4O/c1-2-3-17-33(21-25-13-15-27(16-14-25)34-26-7-5-4-6-8-26)29(28-20-31-22-32-28)18-23-9-11-24(19-30)12-10-23/h4-16,20,22,29H,2-3,17-18,21H2,1H3,(H,31,32). The van der Waals surface area contributed by atoms with Gasteiger partial charge >= 0.3 is 0 Å². The number of H-pyrrole nitrogens is 1. The number of imidazole rings is 1. The Bertz CT molecular complexity index is 1160. The predicted octanol–water partition coefficient (Wildman–Crippen LogP) is 6.66. The molecule has 0 aliphatic rings. The van der Waals surface area contributed by atoms with Crippen LogP contribution in [-0.2, 0) is 13.0 Å². The van der Waals surface area contributed by atoms with E-state index in [9.17, 15) is 0 Å². The molecule has 1 heterocycles. The molecular weight excluding hydrogens is 420 g/mol. The number of rotatable bonds is 11. The quantitative estimate of drug-likeness (QED) is 0.277. The second kappa shape index (κ2) is 11.8. The van der Waals surface area contributed by atoms with Crippen molar-refractivity contribution in [3.8, 4) is 17.6 Å². The van der Waals surface area contributed by atoms with Crippen molar-refractivity contribution in [1.82, 2.24) is 14.9 Å². The zero-order valence-corrected chi connectivity index (χ0v) is 19.5. The van der Waals surface area contributed by atoms with Crippen molar-refractivity contribution in [2.45, 2.75) is 38.8 Å². The molecule has 4 rings (SSSR count). The van der Waals surface area contributed by atoms with Gasteiger partial charge in [-0.25, -0.2) is 4.98 Å². The number of nitriles is 1. The van der Waals surface area contributed by atoms with E-state index in [1.165, 1.54) is 11.1 Å². The van der Waals surface area contributed by atoms with Crippen molar-refractivity contribution in [1.29, 1.82) is 5.26 Å². The number of para-hydroxylation sites is 1. The molecule has 0 bridgehead atoms. The number of hydrogen-bond donors (Lipinski definition) is 1. The maximum absolute atomic E-state index is 9.13. The lowest BCUT2D eigenvalue weighted by Gasteiger charge is -2.31. The SMILES string of the molecule is CCCCN(Cc1ccc(Oc2ccccc2)cc1)C(Cc1ccc(C#N)cc1)c1cnc[nH]1. The molecule has 1 atom stereocenters. The summed E-state index contributed by atoms with van der Waals surface area (Å²) >= 11 is 0. The molecule has 1 aromatic heterocycles. The molecular formula is C29H30N4O. The highest BCUT2D eigenvalue weighted by Crippen LogP contribution is 2.28. The maximum atomic E-state index is 9.13. The van der Waals surface area contributed by atoms with Gasteiger partial charge in [0.1, 0.15) is 11.5 Å². The van der Waals surface area contributed by atoms with E-state index in [1.807, 2.05) is 60.8 Å². The molecule has 0 aliphatic heterocycles. The minimum atomic E-state index is 0.155. The largest absolute Gasteiger partial charge is 0.457 e. The third-order valence-corrected chi connectivity index (χ3v) is 5.92. The summed E-state index contributed by atoms with van der Waals surface area (Å²) in [6.07, 6.45) is 6.76. The summed E-state index contributed by atoms with van der Waals surface area (Å²) < 4.78 is 5.96.